The first-order valence-electron chi connectivity index (χ1n) is 5.62. The highest BCUT2D eigenvalue weighted by atomic mass is 19.1. The van der Waals surface area contributed by atoms with Crippen LogP contribution in [0.25, 0.3) is 6.08 Å². The molecule has 16 heavy (non-hydrogen) atoms. The molecule has 1 nitrogen and oxygen atoms in total. The Balaban J connectivity index is 2.20. The molecule has 1 rings (SSSR count). The van der Waals surface area contributed by atoms with Gasteiger partial charge in [0.2, 0.25) is 0 Å². The first-order valence-corrected chi connectivity index (χ1v) is 5.62. The molecule has 0 aromatic heterocycles. The molecule has 1 aromatic rings. The Kier molecular flexibility index (Phi) is 6.50. The molecule has 0 spiro atoms. The average Bonchev–Trinajstić information content (AvgIpc) is 2.30. The lowest BCUT2D eigenvalue weighted by atomic mass is 10.2. The lowest BCUT2D eigenvalue weighted by Crippen LogP contribution is -1.93. The van der Waals surface area contributed by atoms with Gasteiger partial charge in [-0.15, -0.1) is 0 Å². The summed E-state index contributed by atoms with van der Waals surface area (Å²) in [4.78, 5) is 0. The molecule has 0 aliphatic rings. The van der Waals surface area contributed by atoms with Crippen molar-refractivity contribution in [2.24, 2.45) is 0 Å². The van der Waals surface area contributed by atoms with E-state index in [9.17, 15) is 4.39 Å². The van der Waals surface area contributed by atoms with Crippen LogP contribution in [-0.2, 0) is 4.74 Å². The fourth-order valence-electron chi connectivity index (χ4n) is 1.32. The quantitative estimate of drug-likeness (QED) is 0.635. The van der Waals surface area contributed by atoms with E-state index < -0.39 is 0 Å². The lowest BCUT2D eigenvalue weighted by Gasteiger charge is -1.99. The Morgan fingerprint density at radius 3 is 2.81 bits per heavy atom. The maximum Gasteiger partial charge on any atom is 0.130 e. The molecule has 0 saturated heterocycles. The van der Waals surface area contributed by atoms with E-state index in [1.165, 1.54) is 6.07 Å². The van der Waals surface area contributed by atoms with Gasteiger partial charge in [0, 0.05) is 12.2 Å². The molecular weight excluding hydrogens is 203 g/mol. The van der Waals surface area contributed by atoms with E-state index in [2.05, 4.69) is 6.92 Å². The summed E-state index contributed by atoms with van der Waals surface area (Å²) in [7, 11) is 0. The van der Waals surface area contributed by atoms with Crippen molar-refractivity contribution < 1.29 is 9.13 Å². The van der Waals surface area contributed by atoms with Crippen molar-refractivity contribution in [1.29, 1.82) is 0 Å². The van der Waals surface area contributed by atoms with Gasteiger partial charge in [0.1, 0.15) is 5.82 Å². The van der Waals surface area contributed by atoms with Crippen molar-refractivity contribution in [3.8, 4) is 0 Å². The summed E-state index contributed by atoms with van der Waals surface area (Å²) in [5, 5.41) is 0. The van der Waals surface area contributed by atoms with Crippen LogP contribution in [-0.4, -0.2) is 13.2 Å². The second kappa shape index (κ2) is 8.05. The first kappa shape index (κ1) is 12.9. The largest absolute Gasteiger partial charge is 0.377 e. The van der Waals surface area contributed by atoms with E-state index in [1.54, 1.807) is 18.2 Å². The van der Waals surface area contributed by atoms with Gasteiger partial charge in [-0.2, -0.15) is 0 Å². The van der Waals surface area contributed by atoms with Gasteiger partial charge in [-0.3, -0.25) is 0 Å². The van der Waals surface area contributed by atoms with Gasteiger partial charge in [0.05, 0.1) is 6.61 Å². The Labute approximate surface area is 96.9 Å². The summed E-state index contributed by atoms with van der Waals surface area (Å²) in [6, 6.07) is 6.70. The fraction of sp³-hybridized carbons (Fsp3) is 0.357. The molecule has 0 aliphatic heterocycles. The third-order valence-electron chi connectivity index (χ3n) is 2.21. The summed E-state index contributed by atoms with van der Waals surface area (Å²) in [5.41, 5.74) is 0.601. The number of unbranched alkanes of at least 4 members (excludes halogenated alkanes) is 2. The normalized spacial score (nSPS) is 11.1. The number of hydrogen-bond donors (Lipinski definition) is 0. The van der Waals surface area contributed by atoms with Gasteiger partial charge < -0.3 is 4.74 Å². The number of benzene rings is 1. The highest BCUT2D eigenvalue weighted by Gasteiger charge is 1.94. The predicted molar refractivity (Wildman–Crippen MR) is 65.5 cm³/mol. The van der Waals surface area contributed by atoms with Crippen molar-refractivity contribution in [2.45, 2.75) is 19.3 Å². The summed E-state index contributed by atoms with van der Waals surface area (Å²) >= 11 is 0. The minimum absolute atomic E-state index is 0.198. The van der Waals surface area contributed by atoms with Crippen molar-refractivity contribution in [1.82, 2.24) is 0 Å². The highest BCUT2D eigenvalue weighted by Crippen LogP contribution is 2.07. The van der Waals surface area contributed by atoms with Crippen molar-refractivity contribution in [3.05, 3.63) is 48.6 Å². The number of rotatable bonds is 7. The van der Waals surface area contributed by atoms with Crippen molar-refractivity contribution in [3.63, 3.8) is 0 Å². The van der Waals surface area contributed by atoms with Crippen molar-refractivity contribution in [2.75, 3.05) is 13.2 Å². The van der Waals surface area contributed by atoms with E-state index in [4.69, 9.17) is 4.74 Å². The Hall–Kier alpha value is -1.15. The second-order valence-electron chi connectivity index (χ2n) is 3.56. The molecule has 0 aliphatic carbocycles. The summed E-state index contributed by atoms with van der Waals surface area (Å²) < 4.78 is 18.5. The van der Waals surface area contributed by atoms with Crippen LogP contribution in [0.5, 0.6) is 0 Å². The fourth-order valence-corrected chi connectivity index (χ4v) is 1.32. The molecular formula is C14H18FO. The monoisotopic (exact) mass is 221 g/mol. The minimum atomic E-state index is -0.198. The van der Waals surface area contributed by atoms with Gasteiger partial charge in [0.25, 0.3) is 0 Å². The van der Waals surface area contributed by atoms with Gasteiger partial charge in [0.15, 0.2) is 0 Å². The lowest BCUT2D eigenvalue weighted by molar-refractivity contribution is 0.158. The molecule has 0 atom stereocenters. The van der Waals surface area contributed by atoms with Crippen LogP contribution in [0.4, 0.5) is 4.39 Å². The van der Waals surface area contributed by atoms with Crippen LogP contribution in [0.15, 0.2) is 30.3 Å². The molecule has 0 N–H and O–H groups in total. The first-order chi connectivity index (χ1) is 7.84. The average molecular weight is 221 g/mol. The molecule has 0 heterocycles. The molecule has 2 heteroatoms. The number of hydrogen-bond acceptors (Lipinski definition) is 1. The van der Waals surface area contributed by atoms with E-state index >= 15 is 0 Å². The van der Waals surface area contributed by atoms with Crippen LogP contribution in [0.3, 0.4) is 0 Å². The topological polar surface area (TPSA) is 9.23 Å². The smallest absolute Gasteiger partial charge is 0.130 e. The van der Waals surface area contributed by atoms with E-state index in [1.807, 2.05) is 12.1 Å². The van der Waals surface area contributed by atoms with Crippen LogP contribution >= 0.6 is 0 Å². The molecule has 0 bridgehead atoms. The molecule has 0 unspecified atom stereocenters. The van der Waals surface area contributed by atoms with Crippen LogP contribution in [0, 0.1) is 12.7 Å². The predicted octanol–water partition coefficient (Wildman–Crippen LogP) is 3.86. The van der Waals surface area contributed by atoms with Crippen LogP contribution < -0.4 is 0 Å². The van der Waals surface area contributed by atoms with Gasteiger partial charge in [-0.05, 0) is 12.5 Å². The molecule has 87 valence electrons. The van der Waals surface area contributed by atoms with Crippen molar-refractivity contribution >= 4 is 6.08 Å². The minimum Gasteiger partial charge on any atom is -0.377 e. The molecule has 0 saturated carbocycles. The Bertz CT molecular complexity index is 320. The van der Waals surface area contributed by atoms with E-state index in [0.29, 0.717) is 12.2 Å². The standard InChI is InChI=1S/C14H18FO/c1-2-3-6-11-16-12-7-9-13-8-4-5-10-14(13)15/h4-5,7-10H,1-3,6,11-12H2/b9-7+. The highest BCUT2D eigenvalue weighted by molar-refractivity contribution is 5.49. The van der Waals surface area contributed by atoms with Crippen LogP contribution in [0.2, 0.25) is 0 Å². The van der Waals surface area contributed by atoms with Crippen LogP contribution in [0.1, 0.15) is 24.8 Å². The summed E-state index contributed by atoms with van der Waals surface area (Å²) in [6.07, 6.45) is 6.67. The third kappa shape index (κ3) is 5.08. The summed E-state index contributed by atoms with van der Waals surface area (Å²) in [5.74, 6) is -0.198. The zero-order valence-electron chi connectivity index (χ0n) is 9.49. The zero-order chi connectivity index (χ0) is 11.6. The maximum absolute atomic E-state index is 13.2. The Morgan fingerprint density at radius 2 is 2.06 bits per heavy atom. The molecule has 0 amide bonds. The maximum atomic E-state index is 13.2. The van der Waals surface area contributed by atoms with Gasteiger partial charge in [-0.1, -0.05) is 50.1 Å². The molecule has 0 fully saturated rings. The SMILES string of the molecule is [CH2]CCCCOC/C=C/c1ccccc1F. The van der Waals surface area contributed by atoms with Gasteiger partial charge in [-0.25, -0.2) is 4.39 Å². The second-order valence-corrected chi connectivity index (χ2v) is 3.56. The summed E-state index contributed by atoms with van der Waals surface area (Å²) in [6.45, 7) is 5.04. The Morgan fingerprint density at radius 1 is 1.25 bits per heavy atom. The number of ether oxygens (including phenoxy) is 1. The zero-order valence-corrected chi connectivity index (χ0v) is 9.49. The van der Waals surface area contributed by atoms with E-state index in [-0.39, 0.29) is 5.82 Å². The van der Waals surface area contributed by atoms with E-state index in [0.717, 1.165) is 25.9 Å². The molecule has 1 radical (unpaired) electrons. The number of halogens is 1. The third-order valence-corrected chi connectivity index (χ3v) is 2.21. The molecule has 1 aromatic carbocycles. The van der Waals surface area contributed by atoms with Gasteiger partial charge >= 0.3 is 0 Å².